The summed E-state index contributed by atoms with van der Waals surface area (Å²) in [6, 6.07) is 14.4. The molecule has 12 heteroatoms. The molecule has 1 aliphatic heterocycles. The highest BCUT2D eigenvalue weighted by atomic mass is 19.3. The first kappa shape index (κ1) is 28.0. The van der Waals surface area contributed by atoms with Gasteiger partial charge in [0, 0.05) is 54.5 Å². The molecule has 4 N–H and O–H groups in total. The second-order valence-electron chi connectivity index (χ2n) is 9.83. The van der Waals surface area contributed by atoms with Crippen molar-refractivity contribution in [1.82, 2.24) is 19.9 Å². The Labute approximate surface area is 235 Å². The lowest BCUT2D eigenvalue weighted by atomic mass is 10.0. The van der Waals surface area contributed by atoms with Crippen molar-refractivity contribution < 1.29 is 28.5 Å². The molecule has 1 amide bonds. The molecule has 1 fully saturated rings. The van der Waals surface area contributed by atoms with Crippen molar-refractivity contribution in [3.05, 3.63) is 66.5 Å². The van der Waals surface area contributed by atoms with Gasteiger partial charge in [0.1, 0.15) is 11.9 Å². The minimum Gasteiger partial charge on any atom is -0.465 e. The maximum atomic E-state index is 12.8. The van der Waals surface area contributed by atoms with Gasteiger partial charge in [-0.1, -0.05) is 24.3 Å². The molecule has 41 heavy (non-hydrogen) atoms. The molecule has 0 saturated carbocycles. The van der Waals surface area contributed by atoms with Crippen LogP contribution in [0.2, 0.25) is 0 Å². The third kappa shape index (κ3) is 6.43. The minimum atomic E-state index is -2.85. The van der Waals surface area contributed by atoms with Crippen LogP contribution < -0.4 is 15.4 Å². The molecule has 214 valence electrons. The fourth-order valence-electron chi connectivity index (χ4n) is 4.83. The van der Waals surface area contributed by atoms with Crippen LogP contribution in [0.15, 0.2) is 60.9 Å². The molecular formula is C29H30F2N6O4. The quantitative estimate of drug-likeness (QED) is 0.211. The van der Waals surface area contributed by atoms with E-state index in [4.69, 9.17) is 4.74 Å². The molecule has 0 bridgehead atoms. The maximum Gasteiger partial charge on any atom is 0.407 e. The number of fused-ring (bicyclic) bond motifs is 1. The van der Waals surface area contributed by atoms with Gasteiger partial charge < -0.3 is 30.5 Å². The lowest BCUT2D eigenvalue weighted by Crippen LogP contribution is -2.44. The zero-order chi connectivity index (χ0) is 28.9. The lowest BCUT2D eigenvalue weighted by molar-refractivity contribution is 0.00386. The van der Waals surface area contributed by atoms with Crippen molar-refractivity contribution in [2.45, 2.75) is 38.3 Å². The van der Waals surface area contributed by atoms with Crippen LogP contribution in [0.3, 0.4) is 0 Å². The predicted octanol–water partition coefficient (Wildman–Crippen LogP) is 5.38. The second-order valence-corrected chi connectivity index (χ2v) is 9.83. The molecule has 1 unspecified atom stereocenters. The number of likely N-dealkylation sites (tertiary alicyclic amines) is 1. The standard InChI is InChI=1S/C29H30F2N6O4/c1-17-9-10-19-20(6-2-8-22(19)34-15-24(38)26(30)31)25(17)41-27-21(7-3-12-32-27)23-11-13-33-28(36-23)35-18-5-4-14-37(16-18)29(39)40/h2-3,6-13,18,24,26,34,38H,4-5,14-16H2,1H3,(H,39,40)(H,33,35,36)/t18?,24-/m0/s1. The highest BCUT2D eigenvalue weighted by molar-refractivity contribution is 5.98. The number of aryl methyl sites for hydroxylation is 1. The number of pyridine rings is 1. The first-order valence-electron chi connectivity index (χ1n) is 13.2. The summed E-state index contributed by atoms with van der Waals surface area (Å²) in [6.07, 6.45) is -0.796. The highest BCUT2D eigenvalue weighted by Gasteiger charge is 2.24. The number of hydrogen-bond acceptors (Lipinski definition) is 8. The van der Waals surface area contributed by atoms with Gasteiger partial charge in [0.25, 0.3) is 6.43 Å². The van der Waals surface area contributed by atoms with Crippen molar-refractivity contribution in [2.24, 2.45) is 0 Å². The summed E-state index contributed by atoms with van der Waals surface area (Å²) >= 11 is 0. The van der Waals surface area contributed by atoms with Crippen LogP contribution in [0, 0.1) is 6.92 Å². The van der Waals surface area contributed by atoms with Crippen LogP contribution >= 0.6 is 0 Å². The van der Waals surface area contributed by atoms with Gasteiger partial charge in [-0.05, 0) is 49.6 Å². The molecule has 0 aliphatic carbocycles. The average molecular weight is 565 g/mol. The van der Waals surface area contributed by atoms with E-state index in [0.29, 0.717) is 47.6 Å². The number of benzene rings is 2. The summed E-state index contributed by atoms with van der Waals surface area (Å²) < 4.78 is 32.0. The van der Waals surface area contributed by atoms with Crippen LogP contribution in [-0.4, -0.2) is 74.4 Å². The van der Waals surface area contributed by atoms with Crippen LogP contribution in [0.5, 0.6) is 11.6 Å². The van der Waals surface area contributed by atoms with E-state index < -0.39 is 18.6 Å². The number of carboxylic acid groups (broad SMARTS) is 1. The fraction of sp³-hybridized carbons (Fsp3) is 0.310. The fourth-order valence-corrected chi connectivity index (χ4v) is 4.83. The van der Waals surface area contributed by atoms with Crippen LogP contribution in [-0.2, 0) is 0 Å². The van der Waals surface area contributed by atoms with E-state index in [1.165, 1.54) is 4.90 Å². The molecule has 0 radical (unpaired) electrons. The molecule has 1 saturated heterocycles. The largest absolute Gasteiger partial charge is 0.465 e. The van der Waals surface area contributed by atoms with Gasteiger partial charge in [0.05, 0.1) is 11.3 Å². The van der Waals surface area contributed by atoms with Gasteiger partial charge in [-0.15, -0.1) is 0 Å². The van der Waals surface area contributed by atoms with E-state index in [9.17, 15) is 23.8 Å². The Morgan fingerprint density at radius 2 is 1.98 bits per heavy atom. The maximum absolute atomic E-state index is 12.8. The van der Waals surface area contributed by atoms with E-state index in [2.05, 4.69) is 25.6 Å². The Bertz CT molecular complexity index is 1540. The van der Waals surface area contributed by atoms with E-state index in [0.717, 1.165) is 29.2 Å². The van der Waals surface area contributed by atoms with E-state index in [1.807, 2.05) is 31.2 Å². The molecule has 5 rings (SSSR count). The summed E-state index contributed by atoms with van der Waals surface area (Å²) in [5, 5.41) is 26.5. The molecule has 2 atom stereocenters. The van der Waals surface area contributed by atoms with Gasteiger partial charge >= 0.3 is 6.09 Å². The highest BCUT2D eigenvalue weighted by Crippen LogP contribution is 2.38. The Kier molecular flexibility index (Phi) is 8.39. The zero-order valence-electron chi connectivity index (χ0n) is 22.3. The van der Waals surface area contributed by atoms with Crippen molar-refractivity contribution in [2.75, 3.05) is 30.3 Å². The monoisotopic (exact) mass is 564 g/mol. The minimum absolute atomic E-state index is 0.109. The Balaban J connectivity index is 1.42. The van der Waals surface area contributed by atoms with E-state index in [-0.39, 0.29) is 12.6 Å². The number of piperidine rings is 1. The van der Waals surface area contributed by atoms with Crippen LogP contribution in [0.4, 0.5) is 25.2 Å². The molecule has 1 aliphatic rings. The smallest absolute Gasteiger partial charge is 0.407 e. The normalized spacial score (nSPS) is 16.0. The van der Waals surface area contributed by atoms with Gasteiger partial charge in [-0.3, -0.25) is 0 Å². The molecular weight excluding hydrogens is 534 g/mol. The van der Waals surface area contributed by atoms with Crippen molar-refractivity contribution in [3.8, 4) is 22.9 Å². The number of aliphatic hydroxyl groups excluding tert-OH is 1. The van der Waals surface area contributed by atoms with E-state index >= 15 is 0 Å². The third-order valence-electron chi connectivity index (χ3n) is 6.93. The van der Waals surface area contributed by atoms with Gasteiger partial charge in [0.15, 0.2) is 0 Å². The van der Waals surface area contributed by atoms with E-state index in [1.54, 1.807) is 36.7 Å². The number of aliphatic hydroxyl groups is 1. The van der Waals surface area contributed by atoms with Gasteiger partial charge in [0.2, 0.25) is 11.8 Å². The molecule has 2 aromatic heterocycles. The number of rotatable bonds is 9. The number of ether oxygens (including phenoxy) is 1. The summed E-state index contributed by atoms with van der Waals surface area (Å²) in [7, 11) is 0. The van der Waals surface area contributed by atoms with Crippen molar-refractivity contribution >= 4 is 28.5 Å². The first-order valence-corrected chi connectivity index (χ1v) is 13.2. The Hall–Kier alpha value is -4.58. The number of hydrogen-bond donors (Lipinski definition) is 4. The summed E-state index contributed by atoms with van der Waals surface area (Å²) in [5.74, 6) is 1.23. The zero-order valence-corrected chi connectivity index (χ0v) is 22.3. The Morgan fingerprint density at radius 1 is 1.12 bits per heavy atom. The number of anilines is 2. The van der Waals surface area contributed by atoms with Gasteiger partial charge in [-0.25, -0.2) is 28.5 Å². The Morgan fingerprint density at radius 3 is 2.78 bits per heavy atom. The summed E-state index contributed by atoms with van der Waals surface area (Å²) in [4.78, 5) is 26.2. The number of halogens is 2. The molecule has 4 aromatic rings. The number of amides is 1. The lowest BCUT2D eigenvalue weighted by Gasteiger charge is -2.31. The third-order valence-corrected chi connectivity index (χ3v) is 6.93. The molecule has 10 nitrogen and oxygen atoms in total. The molecule has 0 spiro atoms. The summed E-state index contributed by atoms with van der Waals surface area (Å²) in [6.45, 7) is 2.45. The number of alkyl halides is 2. The number of nitrogens with zero attached hydrogens (tertiary/aromatic N) is 4. The van der Waals surface area contributed by atoms with Crippen LogP contribution in [0.25, 0.3) is 22.0 Å². The van der Waals surface area contributed by atoms with Gasteiger partial charge in [-0.2, -0.15) is 0 Å². The SMILES string of the molecule is Cc1ccc2c(NC[C@H](O)C(F)F)cccc2c1Oc1ncccc1-c1ccnc(NC2CCCN(C(=O)O)C2)n1. The topological polar surface area (TPSA) is 133 Å². The number of carbonyl (C=O) groups is 1. The summed E-state index contributed by atoms with van der Waals surface area (Å²) in [5.41, 5.74) is 2.62. The number of aromatic nitrogens is 3. The predicted molar refractivity (Wildman–Crippen MR) is 151 cm³/mol. The number of nitrogens with one attached hydrogen (secondary N) is 2. The van der Waals surface area contributed by atoms with Crippen molar-refractivity contribution in [1.29, 1.82) is 0 Å². The first-order chi connectivity index (χ1) is 19.8. The average Bonchev–Trinajstić information content (AvgIpc) is 2.97. The second kappa shape index (κ2) is 12.3. The van der Waals surface area contributed by atoms with Crippen molar-refractivity contribution in [3.63, 3.8) is 0 Å². The van der Waals surface area contributed by atoms with Crippen LogP contribution in [0.1, 0.15) is 18.4 Å². The molecule has 3 heterocycles. The molecule has 2 aromatic carbocycles.